The summed E-state index contributed by atoms with van der Waals surface area (Å²) in [6.07, 6.45) is -2.51. The van der Waals surface area contributed by atoms with E-state index in [1.807, 2.05) is 12.1 Å². The molecular formula is C13H17BrCl2F2N2. The number of halogens is 5. The molecule has 1 aliphatic rings. The van der Waals surface area contributed by atoms with E-state index < -0.39 is 6.43 Å². The van der Waals surface area contributed by atoms with E-state index in [0.29, 0.717) is 5.02 Å². The van der Waals surface area contributed by atoms with Crippen molar-refractivity contribution < 1.29 is 8.78 Å². The highest BCUT2D eigenvalue weighted by Crippen LogP contribution is 2.34. The molecule has 1 fully saturated rings. The Morgan fingerprint density at radius 3 is 2.50 bits per heavy atom. The first-order valence-electron chi connectivity index (χ1n) is 6.26. The third-order valence-corrected chi connectivity index (χ3v) is 4.14. The van der Waals surface area contributed by atoms with Crippen molar-refractivity contribution in [3.05, 3.63) is 33.3 Å². The Labute approximate surface area is 137 Å². The Hall–Kier alpha value is 0.0600. The van der Waals surface area contributed by atoms with E-state index >= 15 is 0 Å². The fourth-order valence-corrected chi connectivity index (χ4v) is 3.21. The number of benzene rings is 1. The number of nitrogens with zero attached hydrogens (tertiary/aromatic N) is 1. The van der Waals surface area contributed by atoms with Gasteiger partial charge in [-0.3, -0.25) is 4.90 Å². The molecule has 1 atom stereocenters. The molecule has 1 aromatic carbocycles. The Morgan fingerprint density at radius 2 is 1.95 bits per heavy atom. The monoisotopic (exact) mass is 388 g/mol. The zero-order valence-corrected chi connectivity index (χ0v) is 13.9. The molecule has 2 nitrogen and oxygen atoms in total. The molecule has 0 amide bonds. The van der Waals surface area contributed by atoms with Gasteiger partial charge in [0.2, 0.25) is 6.43 Å². The number of hydrogen-bond donors (Lipinski definition) is 1. The quantitative estimate of drug-likeness (QED) is 0.832. The fraction of sp³-hybridized carbons (Fsp3) is 0.538. The predicted octanol–water partition coefficient (Wildman–Crippen LogP) is 4.13. The van der Waals surface area contributed by atoms with Gasteiger partial charge in [0.15, 0.2) is 0 Å². The Kier molecular flexibility index (Phi) is 7.69. The smallest absolute Gasteiger partial charge is 0.240 e. The topological polar surface area (TPSA) is 15.3 Å². The minimum absolute atomic E-state index is 0. The first-order chi connectivity index (χ1) is 9.08. The molecule has 1 aromatic rings. The zero-order valence-electron chi connectivity index (χ0n) is 10.8. The van der Waals surface area contributed by atoms with Gasteiger partial charge in [0.05, 0.1) is 0 Å². The summed E-state index contributed by atoms with van der Waals surface area (Å²) in [5.41, 5.74) is 0.784. The highest BCUT2D eigenvalue weighted by Gasteiger charge is 2.26. The van der Waals surface area contributed by atoms with Crippen LogP contribution in [0.1, 0.15) is 18.0 Å². The summed E-state index contributed by atoms with van der Waals surface area (Å²) < 4.78 is 26.5. The van der Waals surface area contributed by atoms with Crippen LogP contribution in [-0.2, 0) is 0 Å². The number of rotatable bonds is 4. The summed E-state index contributed by atoms with van der Waals surface area (Å²) in [7, 11) is 0. The normalized spacial score (nSPS) is 17.9. The average Bonchev–Trinajstić information content (AvgIpc) is 2.37. The molecule has 0 saturated carbocycles. The molecule has 1 heterocycles. The largest absolute Gasteiger partial charge is 0.314 e. The molecule has 0 radical (unpaired) electrons. The fourth-order valence-electron chi connectivity index (χ4n) is 2.41. The van der Waals surface area contributed by atoms with E-state index in [1.54, 1.807) is 6.07 Å². The lowest BCUT2D eigenvalue weighted by molar-refractivity contribution is 0.0739. The third kappa shape index (κ3) is 4.81. The van der Waals surface area contributed by atoms with Crippen LogP contribution in [0.5, 0.6) is 0 Å². The second kappa shape index (κ2) is 8.49. The molecule has 0 spiro atoms. The maximum Gasteiger partial charge on any atom is 0.240 e. The van der Waals surface area contributed by atoms with E-state index in [1.165, 1.54) is 0 Å². The van der Waals surface area contributed by atoms with Crippen molar-refractivity contribution in [3.63, 3.8) is 0 Å². The summed E-state index contributed by atoms with van der Waals surface area (Å²) in [6.45, 7) is 3.19. The first kappa shape index (κ1) is 18.1. The summed E-state index contributed by atoms with van der Waals surface area (Å²) in [5.74, 6) is 0. The number of hydrogen-bond acceptors (Lipinski definition) is 2. The SMILES string of the molecule is Cl.FC(F)C[C@H](c1ccc(Br)cc1Cl)N1CCNCC1. The highest BCUT2D eigenvalue weighted by atomic mass is 79.9. The predicted molar refractivity (Wildman–Crippen MR) is 84.2 cm³/mol. The molecular weight excluding hydrogens is 373 g/mol. The van der Waals surface area contributed by atoms with E-state index in [2.05, 4.69) is 26.1 Å². The van der Waals surface area contributed by atoms with Crippen LogP contribution in [-0.4, -0.2) is 37.5 Å². The van der Waals surface area contributed by atoms with Crippen LogP contribution in [0, 0.1) is 0 Å². The molecule has 1 saturated heterocycles. The molecule has 0 aliphatic carbocycles. The van der Waals surface area contributed by atoms with Crippen molar-refractivity contribution in [2.45, 2.75) is 18.9 Å². The van der Waals surface area contributed by atoms with Crippen molar-refractivity contribution in [1.82, 2.24) is 10.2 Å². The average molecular weight is 390 g/mol. The van der Waals surface area contributed by atoms with Gasteiger partial charge in [0, 0.05) is 48.1 Å². The van der Waals surface area contributed by atoms with Crippen LogP contribution in [0.2, 0.25) is 5.02 Å². The van der Waals surface area contributed by atoms with Crippen LogP contribution in [0.15, 0.2) is 22.7 Å². The van der Waals surface area contributed by atoms with Crippen molar-refractivity contribution in [2.24, 2.45) is 0 Å². The van der Waals surface area contributed by atoms with Gasteiger partial charge in [-0.25, -0.2) is 8.78 Å². The van der Waals surface area contributed by atoms with Gasteiger partial charge in [-0.05, 0) is 17.7 Å². The third-order valence-electron chi connectivity index (χ3n) is 3.32. The number of nitrogens with one attached hydrogen (secondary N) is 1. The minimum Gasteiger partial charge on any atom is -0.314 e. The second-order valence-corrected chi connectivity index (χ2v) is 5.92. The maximum absolute atomic E-state index is 12.8. The van der Waals surface area contributed by atoms with Crippen LogP contribution in [0.25, 0.3) is 0 Å². The molecule has 2 rings (SSSR count). The Morgan fingerprint density at radius 1 is 1.30 bits per heavy atom. The van der Waals surface area contributed by atoms with Crippen LogP contribution >= 0.6 is 39.9 Å². The summed E-state index contributed by atoms with van der Waals surface area (Å²) >= 11 is 9.55. The van der Waals surface area contributed by atoms with E-state index in [9.17, 15) is 8.78 Å². The molecule has 7 heteroatoms. The van der Waals surface area contributed by atoms with Crippen LogP contribution in [0.3, 0.4) is 0 Å². The highest BCUT2D eigenvalue weighted by molar-refractivity contribution is 9.10. The zero-order chi connectivity index (χ0) is 13.8. The lowest BCUT2D eigenvalue weighted by Crippen LogP contribution is -2.45. The first-order valence-corrected chi connectivity index (χ1v) is 7.43. The van der Waals surface area contributed by atoms with Crippen molar-refractivity contribution in [1.29, 1.82) is 0 Å². The van der Waals surface area contributed by atoms with Crippen LogP contribution < -0.4 is 5.32 Å². The standard InChI is InChI=1S/C13H16BrClF2N2.ClH/c14-9-1-2-10(11(15)7-9)12(8-13(16)17)19-5-3-18-4-6-19;/h1-2,7,12-13,18H,3-6,8H2;1H/t12-;/m1./s1. The Bertz CT molecular complexity index is 429. The molecule has 20 heavy (non-hydrogen) atoms. The van der Waals surface area contributed by atoms with E-state index in [-0.39, 0.29) is 24.9 Å². The second-order valence-electron chi connectivity index (χ2n) is 4.59. The summed E-state index contributed by atoms with van der Waals surface area (Å²) in [6, 6.07) is 5.13. The number of piperazine rings is 1. The van der Waals surface area contributed by atoms with Crippen molar-refractivity contribution in [3.8, 4) is 0 Å². The van der Waals surface area contributed by atoms with E-state index in [4.69, 9.17) is 11.6 Å². The van der Waals surface area contributed by atoms with Gasteiger partial charge in [-0.2, -0.15) is 0 Å². The van der Waals surface area contributed by atoms with Gasteiger partial charge in [-0.1, -0.05) is 33.6 Å². The molecule has 1 N–H and O–H groups in total. The van der Waals surface area contributed by atoms with Gasteiger partial charge in [0.25, 0.3) is 0 Å². The van der Waals surface area contributed by atoms with Crippen molar-refractivity contribution in [2.75, 3.05) is 26.2 Å². The summed E-state index contributed by atoms with van der Waals surface area (Å²) in [5, 5.41) is 3.77. The van der Waals surface area contributed by atoms with E-state index in [0.717, 1.165) is 36.2 Å². The van der Waals surface area contributed by atoms with Gasteiger partial charge in [-0.15, -0.1) is 12.4 Å². The van der Waals surface area contributed by atoms with Gasteiger partial charge >= 0.3 is 0 Å². The maximum atomic E-state index is 12.8. The molecule has 1 aliphatic heterocycles. The van der Waals surface area contributed by atoms with Crippen molar-refractivity contribution >= 4 is 39.9 Å². The molecule has 0 bridgehead atoms. The van der Waals surface area contributed by atoms with Crippen LogP contribution in [0.4, 0.5) is 8.78 Å². The molecule has 0 unspecified atom stereocenters. The molecule has 114 valence electrons. The number of alkyl halides is 2. The van der Waals surface area contributed by atoms with Gasteiger partial charge in [0.1, 0.15) is 0 Å². The minimum atomic E-state index is -2.33. The molecule has 0 aromatic heterocycles. The Balaban J connectivity index is 0.00000200. The lowest BCUT2D eigenvalue weighted by atomic mass is 10.0. The summed E-state index contributed by atoms with van der Waals surface area (Å²) in [4.78, 5) is 2.08. The lowest BCUT2D eigenvalue weighted by Gasteiger charge is -2.35. The van der Waals surface area contributed by atoms with Gasteiger partial charge < -0.3 is 5.32 Å².